The normalized spacial score (nSPS) is 11.2. The topological polar surface area (TPSA) is 46.5 Å². The molecule has 0 spiro atoms. The second-order valence-electron chi connectivity index (χ2n) is 9.54. The number of rotatable bonds is 21. The number of phenolic OH excluding ortho intramolecular Hbond substituents is 1. The summed E-state index contributed by atoms with van der Waals surface area (Å²) in [5, 5.41) is 9.41. The number of unbranched alkanes of at least 4 members (excludes halogenated alkanes) is 14. The molecular formula is C29H50O3. The molecule has 0 unspecified atom stereocenters. The fraction of sp³-hybridized carbons (Fsp3) is 0.759. The predicted octanol–water partition coefficient (Wildman–Crippen LogP) is 9.23. The molecule has 1 aromatic carbocycles. The summed E-state index contributed by atoms with van der Waals surface area (Å²) in [5.41, 5.74) is 0.515. The van der Waals surface area contributed by atoms with E-state index in [2.05, 4.69) is 13.8 Å². The number of phenols is 1. The molecular weight excluding hydrogens is 396 g/mol. The maximum atomic E-state index is 12.4. The summed E-state index contributed by atoms with van der Waals surface area (Å²) in [6.07, 6.45) is 23.7. The summed E-state index contributed by atoms with van der Waals surface area (Å²) < 4.78 is 5.65. The Kier molecular flexibility index (Phi) is 17.9. The lowest BCUT2D eigenvalue weighted by atomic mass is 9.94. The summed E-state index contributed by atoms with van der Waals surface area (Å²) in [4.78, 5) is 12.4. The van der Waals surface area contributed by atoms with Crippen LogP contribution in [0.1, 0.15) is 140 Å². The van der Waals surface area contributed by atoms with Gasteiger partial charge in [0.15, 0.2) is 0 Å². The number of hydrogen-bond acceptors (Lipinski definition) is 3. The highest BCUT2D eigenvalue weighted by Gasteiger charge is 2.13. The zero-order valence-electron chi connectivity index (χ0n) is 21.1. The zero-order valence-corrected chi connectivity index (χ0v) is 21.1. The molecule has 1 aromatic rings. The Hall–Kier alpha value is -1.51. The third-order valence-electron chi connectivity index (χ3n) is 6.48. The van der Waals surface area contributed by atoms with Gasteiger partial charge in [-0.1, -0.05) is 117 Å². The number of aromatic hydroxyl groups is 1. The van der Waals surface area contributed by atoms with Gasteiger partial charge in [-0.05, 0) is 43.0 Å². The van der Waals surface area contributed by atoms with Gasteiger partial charge >= 0.3 is 5.97 Å². The molecule has 184 valence electrons. The minimum atomic E-state index is -0.276. The van der Waals surface area contributed by atoms with Crippen LogP contribution < -0.4 is 0 Å². The van der Waals surface area contributed by atoms with Crippen LogP contribution >= 0.6 is 0 Å². The first kappa shape index (κ1) is 28.5. The molecule has 0 radical (unpaired) electrons. The number of carbonyl (C=O) groups excluding carboxylic acids is 1. The minimum absolute atomic E-state index is 0.170. The highest BCUT2D eigenvalue weighted by Crippen LogP contribution is 2.21. The van der Waals surface area contributed by atoms with E-state index in [4.69, 9.17) is 4.74 Å². The molecule has 0 aliphatic rings. The molecule has 0 aliphatic heterocycles. The second kappa shape index (κ2) is 20.1. The van der Waals surface area contributed by atoms with E-state index in [1.807, 2.05) is 0 Å². The quantitative estimate of drug-likeness (QED) is 0.151. The Morgan fingerprint density at radius 3 is 1.53 bits per heavy atom. The number of carbonyl (C=O) groups is 1. The SMILES string of the molecule is CCCCCCCCCCC(CCCCCCCCCC)COC(=O)c1ccc(O)cc1. The van der Waals surface area contributed by atoms with Gasteiger partial charge in [-0.25, -0.2) is 4.79 Å². The van der Waals surface area contributed by atoms with Crippen molar-refractivity contribution in [3.8, 4) is 5.75 Å². The van der Waals surface area contributed by atoms with E-state index in [0.717, 1.165) is 12.8 Å². The van der Waals surface area contributed by atoms with Gasteiger partial charge < -0.3 is 9.84 Å². The summed E-state index contributed by atoms with van der Waals surface area (Å²) >= 11 is 0. The molecule has 1 N–H and O–H groups in total. The van der Waals surface area contributed by atoms with E-state index in [9.17, 15) is 9.90 Å². The lowest BCUT2D eigenvalue weighted by Crippen LogP contribution is -2.15. The van der Waals surface area contributed by atoms with E-state index < -0.39 is 0 Å². The molecule has 0 aliphatic carbocycles. The molecule has 0 saturated carbocycles. The summed E-state index contributed by atoms with van der Waals surface area (Å²) in [5.74, 6) is 0.363. The molecule has 0 aromatic heterocycles. The zero-order chi connectivity index (χ0) is 23.3. The molecule has 3 nitrogen and oxygen atoms in total. The van der Waals surface area contributed by atoms with Crippen LogP contribution in [0.5, 0.6) is 5.75 Å². The van der Waals surface area contributed by atoms with Crippen LogP contribution in [0, 0.1) is 5.92 Å². The minimum Gasteiger partial charge on any atom is -0.508 e. The first-order chi connectivity index (χ1) is 15.7. The van der Waals surface area contributed by atoms with Crippen molar-refractivity contribution < 1.29 is 14.6 Å². The summed E-state index contributed by atoms with van der Waals surface area (Å²) in [6.45, 7) is 5.05. The molecule has 3 heteroatoms. The third kappa shape index (κ3) is 15.3. The van der Waals surface area contributed by atoms with Crippen molar-refractivity contribution >= 4 is 5.97 Å². The van der Waals surface area contributed by atoms with E-state index in [1.54, 1.807) is 12.1 Å². The molecule has 0 fully saturated rings. The Labute approximate surface area is 198 Å². The second-order valence-corrected chi connectivity index (χ2v) is 9.54. The van der Waals surface area contributed by atoms with Gasteiger partial charge in [-0.3, -0.25) is 0 Å². The molecule has 0 amide bonds. The van der Waals surface area contributed by atoms with Gasteiger partial charge in [-0.15, -0.1) is 0 Å². The number of esters is 1. The van der Waals surface area contributed by atoms with Crippen LogP contribution in [0.2, 0.25) is 0 Å². The first-order valence-electron chi connectivity index (χ1n) is 13.6. The third-order valence-corrected chi connectivity index (χ3v) is 6.48. The van der Waals surface area contributed by atoms with Gasteiger partial charge in [0, 0.05) is 0 Å². The van der Waals surface area contributed by atoms with Crippen molar-refractivity contribution in [3.63, 3.8) is 0 Å². The molecule has 0 saturated heterocycles. The monoisotopic (exact) mass is 446 g/mol. The summed E-state index contributed by atoms with van der Waals surface area (Å²) in [6, 6.07) is 6.33. The van der Waals surface area contributed by atoms with Crippen molar-refractivity contribution in [1.29, 1.82) is 0 Å². The Morgan fingerprint density at radius 1 is 0.688 bits per heavy atom. The Morgan fingerprint density at radius 2 is 1.09 bits per heavy atom. The van der Waals surface area contributed by atoms with E-state index in [1.165, 1.54) is 115 Å². The average Bonchev–Trinajstić information content (AvgIpc) is 2.80. The maximum Gasteiger partial charge on any atom is 0.338 e. The van der Waals surface area contributed by atoms with Gasteiger partial charge in [-0.2, -0.15) is 0 Å². The standard InChI is InChI=1S/C29H50O3/c1-3-5-7-9-11-13-15-17-19-26(20-18-16-14-12-10-8-6-4-2)25-32-29(31)27-21-23-28(30)24-22-27/h21-24,26,30H,3-20,25H2,1-2H3. The molecule has 1 rings (SSSR count). The van der Waals surface area contributed by atoms with Crippen LogP contribution in [0.4, 0.5) is 0 Å². The number of ether oxygens (including phenoxy) is 1. The van der Waals surface area contributed by atoms with Crippen molar-refractivity contribution in [3.05, 3.63) is 29.8 Å². The molecule has 0 heterocycles. The van der Waals surface area contributed by atoms with Gasteiger partial charge in [0.25, 0.3) is 0 Å². The molecule has 0 bridgehead atoms. The highest BCUT2D eigenvalue weighted by atomic mass is 16.5. The van der Waals surface area contributed by atoms with E-state index in [0.29, 0.717) is 18.1 Å². The van der Waals surface area contributed by atoms with Crippen molar-refractivity contribution in [2.45, 2.75) is 129 Å². The largest absolute Gasteiger partial charge is 0.508 e. The van der Waals surface area contributed by atoms with Crippen LogP contribution in [-0.4, -0.2) is 17.7 Å². The fourth-order valence-electron chi connectivity index (χ4n) is 4.32. The average molecular weight is 447 g/mol. The Balaban J connectivity index is 2.30. The smallest absolute Gasteiger partial charge is 0.338 e. The van der Waals surface area contributed by atoms with Crippen molar-refractivity contribution in [2.75, 3.05) is 6.61 Å². The van der Waals surface area contributed by atoms with Gasteiger partial charge in [0.2, 0.25) is 0 Å². The van der Waals surface area contributed by atoms with Crippen LogP contribution in [-0.2, 0) is 4.74 Å². The van der Waals surface area contributed by atoms with Crippen LogP contribution in [0.3, 0.4) is 0 Å². The molecule has 0 atom stereocenters. The lowest BCUT2D eigenvalue weighted by Gasteiger charge is -2.17. The lowest BCUT2D eigenvalue weighted by molar-refractivity contribution is 0.0422. The van der Waals surface area contributed by atoms with E-state index in [-0.39, 0.29) is 11.7 Å². The van der Waals surface area contributed by atoms with Crippen molar-refractivity contribution in [1.82, 2.24) is 0 Å². The van der Waals surface area contributed by atoms with Gasteiger partial charge in [0.1, 0.15) is 5.75 Å². The summed E-state index contributed by atoms with van der Waals surface area (Å²) in [7, 11) is 0. The first-order valence-corrected chi connectivity index (χ1v) is 13.6. The van der Waals surface area contributed by atoms with Crippen LogP contribution in [0.15, 0.2) is 24.3 Å². The molecule has 32 heavy (non-hydrogen) atoms. The Bertz CT molecular complexity index is 532. The van der Waals surface area contributed by atoms with E-state index >= 15 is 0 Å². The number of hydrogen-bond donors (Lipinski definition) is 1. The van der Waals surface area contributed by atoms with Crippen molar-refractivity contribution in [2.24, 2.45) is 5.92 Å². The maximum absolute atomic E-state index is 12.4. The predicted molar refractivity (Wildman–Crippen MR) is 136 cm³/mol. The highest BCUT2D eigenvalue weighted by molar-refractivity contribution is 5.89. The number of benzene rings is 1. The van der Waals surface area contributed by atoms with Crippen LogP contribution in [0.25, 0.3) is 0 Å². The van der Waals surface area contributed by atoms with Gasteiger partial charge in [0.05, 0.1) is 12.2 Å². The fourth-order valence-corrected chi connectivity index (χ4v) is 4.32.